The Labute approximate surface area is 114 Å². The fourth-order valence-electron chi connectivity index (χ4n) is 1.77. The van der Waals surface area contributed by atoms with Crippen LogP contribution >= 0.6 is 0 Å². The number of hydrogen-bond acceptors (Lipinski definition) is 4. The number of ketones is 1. The Hall–Kier alpha value is -1.52. The predicted molar refractivity (Wildman–Crippen MR) is 75.5 cm³/mol. The van der Waals surface area contributed by atoms with Crippen molar-refractivity contribution in [2.45, 2.75) is 38.3 Å². The molecule has 0 amide bonds. The lowest BCUT2D eigenvalue weighted by Crippen LogP contribution is -2.34. The minimum Gasteiger partial charge on any atom is -0.322 e. The maximum absolute atomic E-state index is 11.3. The Balaban J connectivity index is 2.26. The first kappa shape index (κ1) is 15.5. The zero-order chi connectivity index (χ0) is 14.1. The van der Waals surface area contributed by atoms with Crippen LogP contribution < -0.4 is 11.1 Å². The first-order chi connectivity index (χ1) is 9.13. The highest BCUT2D eigenvalue weighted by Gasteiger charge is 2.10. The molecule has 0 aliphatic carbocycles. The lowest BCUT2D eigenvalue weighted by molar-refractivity contribution is -0.120. The summed E-state index contributed by atoms with van der Waals surface area (Å²) in [5.41, 5.74) is 6.57. The number of carbonyl (C=O) groups is 1. The molecule has 4 heteroatoms. The van der Waals surface area contributed by atoms with E-state index in [9.17, 15) is 9.59 Å². The molecule has 0 aliphatic rings. The second-order valence-electron chi connectivity index (χ2n) is 4.67. The molecular weight excluding hydrogens is 240 g/mol. The van der Waals surface area contributed by atoms with E-state index in [2.05, 4.69) is 5.32 Å². The van der Waals surface area contributed by atoms with Crippen molar-refractivity contribution >= 4 is 12.1 Å². The summed E-state index contributed by atoms with van der Waals surface area (Å²) in [6.45, 7) is 2.30. The van der Waals surface area contributed by atoms with Gasteiger partial charge in [-0.25, -0.2) is 0 Å². The van der Waals surface area contributed by atoms with Gasteiger partial charge in [0.25, 0.3) is 0 Å². The molecule has 0 saturated carbocycles. The molecule has 0 saturated heterocycles. The van der Waals surface area contributed by atoms with E-state index in [0.717, 1.165) is 5.56 Å². The summed E-state index contributed by atoms with van der Waals surface area (Å²) in [7, 11) is 0. The SMILES string of the molecule is C[C@H](N)C(=O)CCCN[C@H]([C]=O)Cc1ccccc1. The highest BCUT2D eigenvalue weighted by Crippen LogP contribution is 2.02. The molecule has 0 fully saturated rings. The molecule has 0 bridgehead atoms. The van der Waals surface area contributed by atoms with Crippen LogP contribution in [0.1, 0.15) is 25.3 Å². The van der Waals surface area contributed by atoms with Crippen LogP contribution in [0.2, 0.25) is 0 Å². The van der Waals surface area contributed by atoms with Crippen LogP contribution in [0.15, 0.2) is 30.3 Å². The molecule has 0 unspecified atom stereocenters. The van der Waals surface area contributed by atoms with Crippen LogP contribution in [0, 0.1) is 0 Å². The number of benzene rings is 1. The third-order valence-corrected chi connectivity index (χ3v) is 2.92. The van der Waals surface area contributed by atoms with Gasteiger partial charge in [0.2, 0.25) is 6.29 Å². The van der Waals surface area contributed by atoms with Crippen molar-refractivity contribution < 1.29 is 9.59 Å². The fourth-order valence-corrected chi connectivity index (χ4v) is 1.77. The summed E-state index contributed by atoms with van der Waals surface area (Å²) in [6, 6.07) is 9.05. The van der Waals surface area contributed by atoms with Crippen LogP contribution in [0.4, 0.5) is 0 Å². The zero-order valence-corrected chi connectivity index (χ0v) is 11.3. The maximum Gasteiger partial charge on any atom is 0.217 e. The minimum atomic E-state index is -0.405. The number of rotatable bonds is 9. The number of nitrogens with one attached hydrogen (secondary N) is 1. The second-order valence-corrected chi connectivity index (χ2v) is 4.67. The first-order valence-electron chi connectivity index (χ1n) is 6.56. The third-order valence-electron chi connectivity index (χ3n) is 2.92. The Morgan fingerprint density at radius 1 is 1.37 bits per heavy atom. The van der Waals surface area contributed by atoms with Crippen molar-refractivity contribution in [3.63, 3.8) is 0 Å². The van der Waals surface area contributed by atoms with Gasteiger partial charge in [-0.15, -0.1) is 0 Å². The van der Waals surface area contributed by atoms with E-state index in [0.29, 0.717) is 25.8 Å². The molecule has 103 valence electrons. The van der Waals surface area contributed by atoms with Crippen molar-refractivity contribution in [2.75, 3.05) is 6.54 Å². The Kier molecular flexibility index (Phi) is 7.00. The normalized spacial score (nSPS) is 13.8. The number of Topliss-reactive ketones (excluding diaryl/α,β-unsaturated/α-hetero) is 1. The van der Waals surface area contributed by atoms with Gasteiger partial charge in [-0.2, -0.15) is 0 Å². The lowest BCUT2D eigenvalue weighted by atomic mass is 10.1. The smallest absolute Gasteiger partial charge is 0.217 e. The van der Waals surface area contributed by atoms with Gasteiger partial charge in [0.1, 0.15) is 5.78 Å². The zero-order valence-electron chi connectivity index (χ0n) is 11.3. The van der Waals surface area contributed by atoms with Gasteiger partial charge in [0, 0.05) is 6.42 Å². The van der Waals surface area contributed by atoms with Crippen molar-refractivity contribution in [2.24, 2.45) is 5.73 Å². The van der Waals surface area contributed by atoms with Crippen molar-refractivity contribution in [1.29, 1.82) is 0 Å². The third kappa shape index (κ3) is 6.27. The number of carbonyl (C=O) groups excluding carboxylic acids is 2. The molecule has 3 N–H and O–H groups in total. The van der Waals surface area contributed by atoms with Crippen molar-refractivity contribution in [1.82, 2.24) is 5.32 Å². The lowest BCUT2D eigenvalue weighted by Gasteiger charge is -2.12. The monoisotopic (exact) mass is 261 g/mol. The first-order valence-corrected chi connectivity index (χ1v) is 6.56. The molecule has 1 aromatic carbocycles. The number of hydrogen-bond donors (Lipinski definition) is 2. The second kappa shape index (κ2) is 8.56. The molecule has 0 heterocycles. The predicted octanol–water partition coefficient (Wildman–Crippen LogP) is 0.994. The van der Waals surface area contributed by atoms with E-state index in [1.807, 2.05) is 36.6 Å². The quantitative estimate of drug-likeness (QED) is 0.650. The standard InChI is InChI=1S/C15H21N2O2/c1-12(16)15(19)8-5-9-17-14(11-18)10-13-6-3-2-4-7-13/h2-4,6-7,12,14,17H,5,8-10,16H2,1H3/t12-,14-/m0/s1. The molecule has 1 radical (unpaired) electrons. The summed E-state index contributed by atoms with van der Waals surface area (Å²) in [5.74, 6) is 0.0523. The Morgan fingerprint density at radius 3 is 2.63 bits per heavy atom. The fraction of sp³-hybridized carbons (Fsp3) is 0.467. The molecule has 0 spiro atoms. The van der Waals surface area contributed by atoms with Gasteiger partial charge < -0.3 is 11.1 Å². The van der Waals surface area contributed by atoms with Crippen LogP contribution in [-0.4, -0.2) is 30.7 Å². The van der Waals surface area contributed by atoms with Crippen molar-refractivity contribution in [3.05, 3.63) is 35.9 Å². The van der Waals surface area contributed by atoms with E-state index < -0.39 is 6.04 Å². The maximum atomic E-state index is 11.3. The van der Waals surface area contributed by atoms with Crippen LogP contribution in [0.3, 0.4) is 0 Å². The largest absolute Gasteiger partial charge is 0.322 e. The molecule has 4 nitrogen and oxygen atoms in total. The van der Waals surface area contributed by atoms with E-state index in [4.69, 9.17) is 5.73 Å². The molecule has 1 aromatic rings. The Bertz CT molecular complexity index is 390. The highest BCUT2D eigenvalue weighted by atomic mass is 16.1. The summed E-state index contributed by atoms with van der Waals surface area (Å²) in [4.78, 5) is 22.2. The number of nitrogens with two attached hydrogens (primary N) is 1. The summed E-state index contributed by atoms with van der Waals surface area (Å²) in [5, 5.41) is 3.10. The molecule has 19 heavy (non-hydrogen) atoms. The van der Waals surface area contributed by atoms with E-state index in [1.54, 1.807) is 6.92 Å². The average molecular weight is 261 g/mol. The Morgan fingerprint density at radius 2 is 2.05 bits per heavy atom. The van der Waals surface area contributed by atoms with Crippen LogP contribution in [0.25, 0.3) is 0 Å². The van der Waals surface area contributed by atoms with Gasteiger partial charge in [0.05, 0.1) is 12.1 Å². The van der Waals surface area contributed by atoms with Gasteiger partial charge in [-0.3, -0.25) is 9.59 Å². The molecular formula is C15H21N2O2. The topological polar surface area (TPSA) is 72.2 Å². The minimum absolute atomic E-state index is 0.0523. The molecule has 1 rings (SSSR count). The van der Waals surface area contributed by atoms with Crippen molar-refractivity contribution in [3.8, 4) is 0 Å². The summed E-state index contributed by atoms with van der Waals surface area (Å²) >= 11 is 0. The van der Waals surface area contributed by atoms with Crippen LogP contribution in [0.5, 0.6) is 0 Å². The van der Waals surface area contributed by atoms with E-state index >= 15 is 0 Å². The molecule has 2 atom stereocenters. The highest BCUT2D eigenvalue weighted by molar-refractivity contribution is 5.83. The molecule has 0 aromatic heterocycles. The van der Waals surface area contributed by atoms with E-state index in [-0.39, 0.29) is 11.8 Å². The van der Waals surface area contributed by atoms with E-state index in [1.165, 1.54) is 0 Å². The van der Waals surface area contributed by atoms with Gasteiger partial charge in [-0.1, -0.05) is 30.3 Å². The summed E-state index contributed by atoms with van der Waals surface area (Å²) in [6.07, 6.45) is 3.74. The average Bonchev–Trinajstić information content (AvgIpc) is 2.42. The van der Waals surface area contributed by atoms with Gasteiger partial charge in [0.15, 0.2) is 0 Å². The van der Waals surface area contributed by atoms with Gasteiger partial charge >= 0.3 is 0 Å². The van der Waals surface area contributed by atoms with Crippen LogP contribution in [-0.2, 0) is 16.0 Å². The molecule has 0 aliphatic heterocycles. The summed E-state index contributed by atoms with van der Waals surface area (Å²) < 4.78 is 0. The van der Waals surface area contributed by atoms with Gasteiger partial charge in [-0.05, 0) is 31.9 Å².